The van der Waals surface area contributed by atoms with E-state index in [1.807, 2.05) is 23.1 Å². The molecule has 6 nitrogen and oxygen atoms in total. The molecular formula is C17H18ClNO5S2. The first-order chi connectivity index (χ1) is 12.3. The Bertz CT molecular complexity index is 925. The summed E-state index contributed by atoms with van der Waals surface area (Å²) in [5.74, 6) is -0.385. The van der Waals surface area contributed by atoms with Crippen LogP contribution >= 0.6 is 22.9 Å². The highest BCUT2D eigenvalue weighted by molar-refractivity contribution is 7.86. The van der Waals surface area contributed by atoms with Crippen molar-refractivity contribution in [3.05, 3.63) is 51.4 Å². The summed E-state index contributed by atoms with van der Waals surface area (Å²) in [6.07, 6.45) is 1.70. The number of nitrogens with zero attached hydrogens (tertiary/aromatic N) is 1. The molecule has 0 spiro atoms. The molecule has 0 amide bonds. The lowest BCUT2D eigenvalue weighted by Crippen LogP contribution is -2.38. The largest absolute Gasteiger partial charge is 0.468 e. The van der Waals surface area contributed by atoms with Gasteiger partial charge in [-0.3, -0.25) is 4.90 Å². The monoisotopic (exact) mass is 415 g/mol. The number of rotatable bonds is 5. The Morgan fingerprint density at radius 3 is 2.73 bits per heavy atom. The van der Waals surface area contributed by atoms with E-state index in [0.29, 0.717) is 35.2 Å². The van der Waals surface area contributed by atoms with Gasteiger partial charge in [0.15, 0.2) is 5.06 Å². The molecule has 0 saturated carbocycles. The average Bonchev–Trinajstić information content (AvgIpc) is 2.96. The van der Waals surface area contributed by atoms with E-state index >= 15 is 0 Å². The number of fused-ring (bicyclic) bond motifs is 1. The summed E-state index contributed by atoms with van der Waals surface area (Å²) in [6.45, 7) is 1.10. The third-order valence-corrected chi connectivity index (χ3v) is 6.14. The van der Waals surface area contributed by atoms with Gasteiger partial charge in [0.2, 0.25) is 0 Å². The highest BCUT2D eigenvalue weighted by atomic mass is 35.5. The summed E-state index contributed by atoms with van der Waals surface area (Å²) in [4.78, 5) is 15.5. The Morgan fingerprint density at radius 2 is 2.08 bits per heavy atom. The number of benzene rings is 1. The first-order valence-corrected chi connectivity index (χ1v) is 10.9. The van der Waals surface area contributed by atoms with Crippen LogP contribution in [0, 0.1) is 0 Å². The van der Waals surface area contributed by atoms with Gasteiger partial charge in [-0.25, -0.2) is 4.79 Å². The zero-order chi connectivity index (χ0) is 18.9. The van der Waals surface area contributed by atoms with Crippen molar-refractivity contribution in [2.45, 2.75) is 19.0 Å². The molecule has 3 rings (SSSR count). The van der Waals surface area contributed by atoms with Gasteiger partial charge in [-0.05, 0) is 29.7 Å². The maximum absolute atomic E-state index is 12.4. The predicted molar refractivity (Wildman–Crippen MR) is 100 cm³/mol. The van der Waals surface area contributed by atoms with Crippen LogP contribution in [-0.2, 0) is 32.6 Å². The molecule has 1 aliphatic heterocycles. The van der Waals surface area contributed by atoms with Crippen LogP contribution < -0.4 is 4.18 Å². The average molecular weight is 416 g/mol. The van der Waals surface area contributed by atoms with E-state index in [1.165, 1.54) is 18.4 Å². The third kappa shape index (κ3) is 4.20. The third-order valence-electron chi connectivity index (χ3n) is 4.10. The molecule has 1 atom stereocenters. The van der Waals surface area contributed by atoms with Crippen molar-refractivity contribution >= 4 is 39.0 Å². The van der Waals surface area contributed by atoms with Crippen LogP contribution in [0.3, 0.4) is 0 Å². The summed E-state index contributed by atoms with van der Waals surface area (Å²) in [7, 11) is -2.22. The standard InChI is InChI=1S/C17H18ClNO5S2/c1-23-17(20)16(12-5-3-4-6-13(12)18)19-8-7-14-11(10-19)9-15(25-14)24-26(2,21)22/h3-6,9,16H,7-8,10H2,1-2H3/t16-/m0/s1. The Labute approximate surface area is 161 Å². The highest BCUT2D eigenvalue weighted by Crippen LogP contribution is 2.38. The van der Waals surface area contributed by atoms with Crippen LogP contribution in [0.5, 0.6) is 5.06 Å². The van der Waals surface area contributed by atoms with E-state index in [4.69, 9.17) is 20.5 Å². The second kappa shape index (κ2) is 7.56. The van der Waals surface area contributed by atoms with Gasteiger partial charge in [0.05, 0.1) is 13.4 Å². The molecule has 0 saturated heterocycles. The number of hydrogen-bond donors (Lipinski definition) is 0. The number of hydrogen-bond acceptors (Lipinski definition) is 7. The fourth-order valence-electron chi connectivity index (χ4n) is 3.02. The number of carbonyl (C=O) groups excluding carboxylic acids is 1. The molecule has 0 N–H and O–H groups in total. The number of methoxy groups -OCH3 is 1. The fourth-order valence-corrected chi connectivity index (χ4v) is 5.00. The first kappa shape index (κ1) is 19.2. The minimum Gasteiger partial charge on any atom is -0.468 e. The van der Waals surface area contributed by atoms with Crippen molar-refractivity contribution in [2.75, 3.05) is 19.9 Å². The first-order valence-electron chi connectivity index (χ1n) is 7.86. The molecule has 1 aromatic carbocycles. The minimum absolute atomic E-state index is 0.340. The molecule has 2 aromatic rings. The van der Waals surface area contributed by atoms with E-state index in [-0.39, 0.29) is 5.97 Å². The van der Waals surface area contributed by atoms with Crippen LogP contribution in [0.2, 0.25) is 5.02 Å². The molecule has 2 heterocycles. The van der Waals surface area contributed by atoms with Gasteiger partial charge >= 0.3 is 16.1 Å². The quantitative estimate of drug-likeness (QED) is 0.552. The molecule has 0 bridgehead atoms. The van der Waals surface area contributed by atoms with Crippen LogP contribution in [0.1, 0.15) is 22.0 Å². The number of esters is 1. The van der Waals surface area contributed by atoms with Crippen molar-refractivity contribution < 1.29 is 22.1 Å². The zero-order valence-electron chi connectivity index (χ0n) is 14.3. The van der Waals surface area contributed by atoms with Gasteiger partial charge in [0.1, 0.15) is 6.04 Å². The summed E-state index contributed by atoms with van der Waals surface area (Å²) in [5, 5.41) is 0.840. The summed E-state index contributed by atoms with van der Waals surface area (Å²) in [5.41, 5.74) is 1.63. The molecule has 1 aromatic heterocycles. The molecule has 0 aliphatic carbocycles. The van der Waals surface area contributed by atoms with E-state index in [1.54, 1.807) is 12.1 Å². The highest BCUT2D eigenvalue weighted by Gasteiger charge is 2.33. The molecule has 0 fully saturated rings. The van der Waals surface area contributed by atoms with E-state index in [0.717, 1.165) is 16.7 Å². The second-order valence-corrected chi connectivity index (χ2v) is 9.05. The van der Waals surface area contributed by atoms with Gasteiger partial charge in [-0.1, -0.05) is 29.8 Å². The van der Waals surface area contributed by atoms with E-state index in [2.05, 4.69) is 0 Å². The molecule has 26 heavy (non-hydrogen) atoms. The molecule has 1 aliphatic rings. The van der Waals surface area contributed by atoms with Crippen molar-refractivity contribution in [3.63, 3.8) is 0 Å². The lowest BCUT2D eigenvalue weighted by atomic mass is 10.0. The summed E-state index contributed by atoms with van der Waals surface area (Å²) in [6, 6.07) is 8.28. The summed E-state index contributed by atoms with van der Waals surface area (Å²) < 4.78 is 32.6. The number of ether oxygens (including phenoxy) is 1. The van der Waals surface area contributed by atoms with E-state index in [9.17, 15) is 13.2 Å². The van der Waals surface area contributed by atoms with Gasteiger partial charge < -0.3 is 8.92 Å². The van der Waals surface area contributed by atoms with Gasteiger partial charge in [0.25, 0.3) is 0 Å². The Balaban J connectivity index is 1.89. The SMILES string of the molecule is COC(=O)[C@H](c1ccccc1Cl)N1CCc2sc(OS(C)(=O)=O)cc2C1. The lowest BCUT2D eigenvalue weighted by Gasteiger charge is -2.33. The van der Waals surface area contributed by atoms with Crippen LogP contribution in [0.15, 0.2) is 30.3 Å². The molecule has 0 radical (unpaired) electrons. The van der Waals surface area contributed by atoms with Gasteiger partial charge in [0, 0.05) is 23.0 Å². The van der Waals surface area contributed by atoms with E-state index < -0.39 is 16.2 Å². The van der Waals surface area contributed by atoms with Gasteiger partial charge in [-0.2, -0.15) is 8.42 Å². The second-order valence-electron chi connectivity index (χ2n) is 5.97. The maximum atomic E-state index is 12.4. The normalized spacial score (nSPS) is 16.0. The van der Waals surface area contributed by atoms with Gasteiger partial charge in [-0.15, -0.1) is 11.3 Å². The maximum Gasteiger partial charge on any atom is 0.327 e. The Morgan fingerprint density at radius 1 is 1.35 bits per heavy atom. The molecule has 0 unspecified atom stereocenters. The fraction of sp³-hybridized carbons (Fsp3) is 0.353. The zero-order valence-corrected chi connectivity index (χ0v) is 16.7. The minimum atomic E-state index is -3.57. The number of thiophene rings is 1. The number of carbonyl (C=O) groups is 1. The van der Waals surface area contributed by atoms with Crippen LogP contribution in [-0.4, -0.2) is 39.2 Å². The Hall–Kier alpha value is -1.61. The van der Waals surface area contributed by atoms with Crippen molar-refractivity contribution in [3.8, 4) is 5.06 Å². The topological polar surface area (TPSA) is 72.9 Å². The number of halogens is 1. The van der Waals surface area contributed by atoms with Crippen molar-refractivity contribution in [1.82, 2.24) is 4.90 Å². The van der Waals surface area contributed by atoms with Crippen molar-refractivity contribution in [2.24, 2.45) is 0 Å². The van der Waals surface area contributed by atoms with Crippen LogP contribution in [0.25, 0.3) is 0 Å². The molecular weight excluding hydrogens is 398 g/mol. The lowest BCUT2D eigenvalue weighted by molar-refractivity contribution is -0.147. The van der Waals surface area contributed by atoms with Crippen molar-refractivity contribution in [1.29, 1.82) is 0 Å². The smallest absolute Gasteiger partial charge is 0.327 e. The molecule has 140 valence electrons. The van der Waals surface area contributed by atoms with Crippen LogP contribution in [0.4, 0.5) is 0 Å². The Kier molecular flexibility index (Phi) is 5.57. The summed E-state index contributed by atoms with van der Waals surface area (Å²) >= 11 is 7.62. The molecule has 9 heteroatoms. The predicted octanol–water partition coefficient (Wildman–Crippen LogP) is 3.01.